The molecule has 5 rings (SSSR count). The highest BCUT2D eigenvalue weighted by atomic mass is 19.1. The molecule has 0 aliphatic carbocycles. The van der Waals surface area contributed by atoms with E-state index in [-0.39, 0.29) is 36.5 Å². The van der Waals surface area contributed by atoms with Crippen LogP contribution in [0, 0.1) is 17.7 Å². The quantitative estimate of drug-likeness (QED) is 0.497. The molecule has 0 bridgehead atoms. The number of hydrogen-bond acceptors (Lipinski definition) is 4. The smallest absolute Gasteiger partial charge is 0.321 e. The standard InChI is InChI=1S/C31H32FN3O3/c1-38-27-16-8-23(9-17-27)5-4-22-6-10-24(11-7-22)30-28-20-34(18-2-3-19-35(28)29(30)21-36)31(37)33-26-14-12-25(32)13-15-26/h6-17,28-30,36H,2-3,18-21H2,1H3,(H,33,37)/t28-,29+,30-/m0/s1. The number of halogens is 1. The lowest BCUT2D eigenvalue weighted by Crippen LogP contribution is -2.68. The second kappa shape index (κ2) is 11.7. The fourth-order valence-corrected chi connectivity index (χ4v) is 5.47. The molecular formula is C31H32FN3O3. The van der Waals surface area contributed by atoms with Crippen molar-refractivity contribution in [3.8, 4) is 17.6 Å². The van der Waals surface area contributed by atoms with Crippen molar-refractivity contribution in [3.63, 3.8) is 0 Å². The Morgan fingerprint density at radius 1 is 0.974 bits per heavy atom. The molecule has 0 aromatic heterocycles. The van der Waals surface area contributed by atoms with Crippen molar-refractivity contribution < 1.29 is 19.0 Å². The Labute approximate surface area is 223 Å². The molecule has 7 heteroatoms. The number of carbonyl (C=O) groups is 1. The summed E-state index contributed by atoms with van der Waals surface area (Å²) in [5.74, 6) is 6.97. The van der Waals surface area contributed by atoms with Crippen molar-refractivity contribution >= 4 is 11.7 Å². The third-order valence-electron chi connectivity index (χ3n) is 7.49. The Morgan fingerprint density at radius 3 is 2.24 bits per heavy atom. The van der Waals surface area contributed by atoms with Crippen LogP contribution in [0.15, 0.2) is 72.8 Å². The molecule has 2 saturated heterocycles. The van der Waals surface area contributed by atoms with Gasteiger partial charge in [0, 0.05) is 47.9 Å². The number of aliphatic hydroxyl groups excluding tert-OH is 1. The Kier molecular flexibility index (Phi) is 7.92. The van der Waals surface area contributed by atoms with E-state index in [0.29, 0.717) is 18.8 Å². The lowest BCUT2D eigenvalue weighted by Gasteiger charge is -2.57. The van der Waals surface area contributed by atoms with Crippen LogP contribution in [0.5, 0.6) is 5.75 Å². The summed E-state index contributed by atoms with van der Waals surface area (Å²) in [6.45, 7) is 2.20. The summed E-state index contributed by atoms with van der Waals surface area (Å²) in [7, 11) is 1.64. The lowest BCUT2D eigenvalue weighted by molar-refractivity contribution is -0.0585. The minimum Gasteiger partial charge on any atom is -0.497 e. The molecule has 2 heterocycles. The molecule has 0 spiro atoms. The van der Waals surface area contributed by atoms with Crippen molar-refractivity contribution in [2.24, 2.45) is 0 Å². The molecule has 2 fully saturated rings. The molecule has 3 aromatic rings. The van der Waals surface area contributed by atoms with Gasteiger partial charge in [-0.1, -0.05) is 24.0 Å². The van der Waals surface area contributed by atoms with E-state index in [1.807, 2.05) is 41.3 Å². The fourth-order valence-electron chi connectivity index (χ4n) is 5.47. The number of aliphatic hydroxyl groups is 1. The van der Waals surface area contributed by atoms with E-state index in [1.54, 1.807) is 19.2 Å². The number of methoxy groups -OCH3 is 1. The van der Waals surface area contributed by atoms with Gasteiger partial charge in [-0.2, -0.15) is 0 Å². The Hall–Kier alpha value is -3.86. The number of fused-ring (bicyclic) bond motifs is 1. The van der Waals surface area contributed by atoms with E-state index in [2.05, 4.69) is 34.2 Å². The van der Waals surface area contributed by atoms with Gasteiger partial charge in [-0.05, 0) is 85.6 Å². The molecule has 0 unspecified atom stereocenters. The fraction of sp³-hybridized carbons (Fsp3) is 0.323. The van der Waals surface area contributed by atoms with E-state index in [9.17, 15) is 14.3 Å². The lowest BCUT2D eigenvalue weighted by atomic mass is 9.74. The molecule has 196 valence electrons. The predicted molar refractivity (Wildman–Crippen MR) is 146 cm³/mol. The van der Waals surface area contributed by atoms with Crippen LogP contribution in [0.25, 0.3) is 0 Å². The molecule has 3 atom stereocenters. The van der Waals surface area contributed by atoms with Gasteiger partial charge in [-0.25, -0.2) is 9.18 Å². The second-order valence-corrected chi connectivity index (χ2v) is 9.77. The van der Waals surface area contributed by atoms with E-state index >= 15 is 0 Å². The third-order valence-corrected chi connectivity index (χ3v) is 7.49. The number of urea groups is 1. The average Bonchev–Trinajstić information content (AvgIpc) is 2.93. The zero-order valence-corrected chi connectivity index (χ0v) is 21.4. The number of rotatable bonds is 4. The van der Waals surface area contributed by atoms with Gasteiger partial charge >= 0.3 is 6.03 Å². The Morgan fingerprint density at radius 2 is 1.61 bits per heavy atom. The molecule has 0 radical (unpaired) electrons. The molecule has 6 nitrogen and oxygen atoms in total. The number of hydrogen-bond donors (Lipinski definition) is 2. The van der Waals surface area contributed by atoms with Gasteiger partial charge in [-0.3, -0.25) is 4.90 Å². The van der Waals surface area contributed by atoms with Crippen LogP contribution in [0.1, 0.15) is 35.4 Å². The van der Waals surface area contributed by atoms with Crippen LogP contribution in [0.2, 0.25) is 0 Å². The molecule has 2 N–H and O–H groups in total. The summed E-state index contributed by atoms with van der Waals surface area (Å²) in [6, 6.07) is 21.6. The number of benzene rings is 3. The highest BCUT2D eigenvalue weighted by Crippen LogP contribution is 2.42. The Balaban J connectivity index is 1.30. The number of anilines is 1. The molecule has 38 heavy (non-hydrogen) atoms. The predicted octanol–water partition coefficient (Wildman–Crippen LogP) is 4.69. The Bertz CT molecular complexity index is 1300. The summed E-state index contributed by atoms with van der Waals surface area (Å²) >= 11 is 0. The summed E-state index contributed by atoms with van der Waals surface area (Å²) < 4.78 is 18.5. The van der Waals surface area contributed by atoms with Crippen LogP contribution in [-0.2, 0) is 0 Å². The van der Waals surface area contributed by atoms with Gasteiger partial charge in [0.05, 0.1) is 13.7 Å². The number of nitrogens with zero attached hydrogens (tertiary/aromatic N) is 2. The normalized spacial score (nSPS) is 21.1. The summed E-state index contributed by atoms with van der Waals surface area (Å²) in [5, 5.41) is 13.1. The van der Waals surface area contributed by atoms with Crippen LogP contribution in [-0.4, -0.2) is 66.4 Å². The van der Waals surface area contributed by atoms with Gasteiger partial charge in [0.25, 0.3) is 0 Å². The molecular weight excluding hydrogens is 481 g/mol. The van der Waals surface area contributed by atoms with Crippen molar-refractivity contribution in [1.82, 2.24) is 9.80 Å². The second-order valence-electron chi connectivity index (χ2n) is 9.77. The molecule has 0 saturated carbocycles. The number of carbonyl (C=O) groups excluding carboxylic acids is 1. The zero-order chi connectivity index (χ0) is 26.5. The van der Waals surface area contributed by atoms with Crippen LogP contribution < -0.4 is 10.1 Å². The van der Waals surface area contributed by atoms with Crippen molar-refractivity contribution in [3.05, 3.63) is 95.3 Å². The minimum atomic E-state index is -0.338. The maximum atomic E-state index is 13.3. The number of amides is 2. The van der Waals surface area contributed by atoms with Gasteiger partial charge < -0.3 is 20.1 Å². The number of nitrogens with one attached hydrogen (secondary N) is 1. The van der Waals surface area contributed by atoms with E-state index in [4.69, 9.17) is 4.74 Å². The van der Waals surface area contributed by atoms with Gasteiger partial charge in [-0.15, -0.1) is 0 Å². The van der Waals surface area contributed by atoms with Crippen LogP contribution in [0.4, 0.5) is 14.9 Å². The molecule has 2 aliphatic heterocycles. The zero-order valence-electron chi connectivity index (χ0n) is 21.4. The maximum Gasteiger partial charge on any atom is 0.321 e. The monoisotopic (exact) mass is 513 g/mol. The van der Waals surface area contributed by atoms with E-state index < -0.39 is 0 Å². The van der Waals surface area contributed by atoms with E-state index in [1.165, 1.54) is 12.1 Å². The SMILES string of the molecule is COc1ccc(C#Cc2ccc([C@@H]3[C@@H](CO)N4CCCCN(C(=O)Nc5ccc(F)cc5)C[C@@H]34)cc2)cc1. The molecule has 2 amide bonds. The molecule has 3 aromatic carbocycles. The van der Waals surface area contributed by atoms with Gasteiger partial charge in [0.15, 0.2) is 0 Å². The highest BCUT2D eigenvalue weighted by Gasteiger charge is 2.49. The minimum absolute atomic E-state index is 0.0244. The van der Waals surface area contributed by atoms with Gasteiger partial charge in [0.2, 0.25) is 0 Å². The van der Waals surface area contributed by atoms with Gasteiger partial charge in [0.1, 0.15) is 11.6 Å². The van der Waals surface area contributed by atoms with Crippen LogP contribution >= 0.6 is 0 Å². The van der Waals surface area contributed by atoms with Crippen molar-refractivity contribution in [2.75, 3.05) is 38.7 Å². The van der Waals surface area contributed by atoms with Crippen molar-refractivity contribution in [1.29, 1.82) is 0 Å². The maximum absolute atomic E-state index is 13.3. The summed E-state index contributed by atoms with van der Waals surface area (Å²) in [5.41, 5.74) is 3.54. The highest BCUT2D eigenvalue weighted by molar-refractivity contribution is 5.89. The summed E-state index contributed by atoms with van der Waals surface area (Å²) in [6.07, 6.45) is 1.85. The topological polar surface area (TPSA) is 65.0 Å². The third kappa shape index (κ3) is 5.67. The summed E-state index contributed by atoms with van der Waals surface area (Å²) in [4.78, 5) is 17.3. The van der Waals surface area contributed by atoms with Crippen LogP contribution in [0.3, 0.4) is 0 Å². The van der Waals surface area contributed by atoms with Crippen molar-refractivity contribution in [2.45, 2.75) is 30.8 Å². The first-order valence-electron chi connectivity index (χ1n) is 13.0. The molecule has 2 aliphatic rings. The first-order chi connectivity index (χ1) is 18.6. The average molecular weight is 514 g/mol. The first kappa shape index (κ1) is 25.8. The first-order valence-corrected chi connectivity index (χ1v) is 13.0. The van der Waals surface area contributed by atoms with E-state index in [0.717, 1.165) is 41.8 Å². The largest absolute Gasteiger partial charge is 0.497 e. The number of ether oxygens (including phenoxy) is 1.